The average Bonchev–Trinajstić information content (AvgIpc) is 2.76. The summed E-state index contributed by atoms with van der Waals surface area (Å²) in [4.78, 5) is 12.3. The fourth-order valence-corrected chi connectivity index (χ4v) is 3.16. The van der Waals surface area contributed by atoms with Gasteiger partial charge in [0.05, 0.1) is 6.54 Å². The van der Waals surface area contributed by atoms with E-state index >= 15 is 0 Å². The van der Waals surface area contributed by atoms with E-state index < -0.39 is 0 Å². The van der Waals surface area contributed by atoms with Crippen LogP contribution in [0.5, 0.6) is 11.5 Å². The van der Waals surface area contributed by atoms with E-state index in [0.717, 1.165) is 11.3 Å². The van der Waals surface area contributed by atoms with Crippen LogP contribution >= 0.6 is 11.6 Å². The van der Waals surface area contributed by atoms with Gasteiger partial charge in [0, 0.05) is 16.1 Å². The molecular weight excluding hydrogens is 410 g/mol. The van der Waals surface area contributed by atoms with Gasteiger partial charge < -0.3 is 14.8 Å². The molecule has 0 heterocycles. The number of hydrogen-bond acceptors (Lipinski definition) is 3. The zero-order valence-electron chi connectivity index (χ0n) is 18.2. The van der Waals surface area contributed by atoms with E-state index in [0.29, 0.717) is 36.1 Å². The molecule has 3 aromatic carbocycles. The first-order chi connectivity index (χ1) is 14.8. The number of hydrogen-bond donors (Lipinski definition) is 1. The maximum atomic E-state index is 12.3. The minimum atomic E-state index is -0.149. The minimum absolute atomic E-state index is 0.113. The maximum absolute atomic E-state index is 12.3. The molecule has 0 spiro atoms. The lowest BCUT2D eigenvalue weighted by atomic mass is 9.87. The van der Waals surface area contributed by atoms with Crippen molar-refractivity contribution >= 4 is 17.5 Å². The molecule has 0 atom stereocenters. The lowest BCUT2D eigenvalue weighted by molar-refractivity contribution is 0.0947. The van der Waals surface area contributed by atoms with Crippen LogP contribution < -0.4 is 14.8 Å². The molecule has 3 aromatic rings. The van der Waals surface area contributed by atoms with Crippen LogP contribution in [-0.2, 0) is 12.0 Å². The van der Waals surface area contributed by atoms with Gasteiger partial charge in [-0.05, 0) is 53.4 Å². The van der Waals surface area contributed by atoms with Gasteiger partial charge in [0.25, 0.3) is 5.91 Å². The fourth-order valence-electron chi connectivity index (χ4n) is 2.97. The molecule has 3 rings (SSSR count). The van der Waals surface area contributed by atoms with Crippen molar-refractivity contribution in [2.45, 2.75) is 32.8 Å². The predicted octanol–water partition coefficient (Wildman–Crippen LogP) is 6.03. The van der Waals surface area contributed by atoms with E-state index in [4.69, 9.17) is 21.1 Å². The Labute approximate surface area is 189 Å². The summed E-state index contributed by atoms with van der Waals surface area (Å²) in [5.41, 5.74) is 2.85. The van der Waals surface area contributed by atoms with Crippen molar-refractivity contribution in [1.29, 1.82) is 0 Å². The molecular formula is C26H28ClNO3. The van der Waals surface area contributed by atoms with Gasteiger partial charge in [-0.3, -0.25) is 4.79 Å². The molecule has 1 N–H and O–H groups in total. The molecule has 162 valence electrons. The lowest BCUT2D eigenvalue weighted by Gasteiger charge is -2.19. The van der Waals surface area contributed by atoms with E-state index in [9.17, 15) is 4.79 Å². The Kier molecular flexibility index (Phi) is 7.59. The van der Waals surface area contributed by atoms with E-state index in [-0.39, 0.29) is 11.3 Å². The second kappa shape index (κ2) is 10.4. The lowest BCUT2D eigenvalue weighted by Crippen LogP contribution is -2.28. The Balaban J connectivity index is 1.42. The van der Waals surface area contributed by atoms with Crippen LogP contribution in [0.1, 0.15) is 42.3 Å². The quantitative estimate of drug-likeness (QED) is 0.438. The molecule has 4 nitrogen and oxygen atoms in total. The Morgan fingerprint density at radius 1 is 0.871 bits per heavy atom. The van der Waals surface area contributed by atoms with Crippen molar-refractivity contribution in [1.82, 2.24) is 5.32 Å². The van der Waals surface area contributed by atoms with Crippen LogP contribution in [0.4, 0.5) is 0 Å². The summed E-state index contributed by atoms with van der Waals surface area (Å²) in [6.45, 7) is 7.73. The van der Waals surface area contributed by atoms with Gasteiger partial charge >= 0.3 is 0 Å². The van der Waals surface area contributed by atoms with Gasteiger partial charge in [0.15, 0.2) is 0 Å². The monoisotopic (exact) mass is 437 g/mol. The highest BCUT2D eigenvalue weighted by molar-refractivity contribution is 6.31. The van der Waals surface area contributed by atoms with Crippen LogP contribution in [0.25, 0.3) is 0 Å². The number of rotatable bonds is 8. The van der Waals surface area contributed by atoms with Crippen LogP contribution in [-0.4, -0.2) is 19.1 Å². The van der Waals surface area contributed by atoms with Gasteiger partial charge in [-0.1, -0.05) is 62.7 Å². The standard InChI is InChI=1S/C26H28ClNO3/c1-26(2,3)21-10-14-22(15-11-21)30-17-16-28-25(29)19-8-12-23(13-9-19)31-18-20-6-4-5-7-24(20)27/h4-15H,16-18H2,1-3H3,(H,28,29). The summed E-state index contributed by atoms with van der Waals surface area (Å²) < 4.78 is 11.5. The number of nitrogens with one attached hydrogen (secondary N) is 1. The van der Waals surface area contributed by atoms with Gasteiger partial charge in [0.1, 0.15) is 24.7 Å². The zero-order chi connectivity index (χ0) is 22.3. The third-order valence-corrected chi connectivity index (χ3v) is 5.21. The normalized spacial score (nSPS) is 11.1. The fraction of sp³-hybridized carbons (Fsp3) is 0.269. The van der Waals surface area contributed by atoms with Crippen LogP contribution in [0.2, 0.25) is 5.02 Å². The first kappa shape index (κ1) is 22.7. The molecule has 0 aliphatic carbocycles. The molecule has 0 bridgehead atoms. The molecule has 5 heteroatoms. The SMILES string of the molecule is CC(C)(C)c1ccc(OCCNC(=O)c2ccc(OCc3ccccc3Cl)cc2)cc1. The number of amides is 1. The third kappa shape index (κ3) is 6.76. The molecule has 31 heavy (non-hydrogen) atoms. The average molecular weight is 438 g/mol. The summed E-state index contributed by atoms with van der Waals surface area (Å²) in [6.07, 6.45) is 0. The summed E-state index contributed by atoms with van der Waals surface area (Å²) >= 11 is 6.14. The molecule has 0 saturated carbocycles. The van der Waals surface area contributed by atoms with Crippen molar-refractivity contribution in [2.75, 3.05) is 13.2 Å². The molecule has 0 radical (unpaired) electrons. The van der Waals surface area contributed by atoms with Crippen molar-refractivity contribution in [2.24, 2.45) is 0 Å². The number of halogens is 1. The van der Waals surface area contributed by atoms with Crippen LogP contribution in [0, 0.1) is 0 Å². The summed E-state index contributed by atoms with van der Waals surface area (Å²) in [5, 5.41) is 3.54. The second-order valence-corrected chi connectivity index (χ2v) is 8.69. The largest absolute Gasteiger partial charge is 0.492 e. The van der Waals surface area contributed by atoms with Gasteiger partial charge in [-0.25, -0.2) is 0 Å². The van der Waals surface area contributed by atoms with E-state index in [1.165, 1.54) is 5.56 Å². The highest BCUT2D eigenvalue weighted by Crippen LogP contribution is 2.24. The van der Waals surface area contributed by atoms with Crippen molar-refractivity contribution in [3.05, 3.63) is 94.5 Å². The first-order valence-corrected chi connectivity index (χ1v) is 10.7. The molecule has 0 unspecified atom stereocenters. The Bertz CT molecular complexity index is 992. The van der Waals surface area contributed by atoms with Gasteiger partial charge in [-0.2, -0.15) is 0 Å². The highest BCUT2D eigenvalue weighted by atomic mass is 35.5. The molecule has 0 aliphatic heterocycles. The highest BCUT2D eigenvalue weighted by Gasteiger charge is 2.13. The number of carbonyl (C=O) groups is 1. The Morgan fingerprint density at radius 2 is 1.48 bits per heavy atom. The van der Waals surface area contributed by atoms with Crippen LogP contribution in [0.3, 0.4) is 0 Å². The molecule has 0 aromatic heterocycles. The first-order valence-electron chi connectivity index (χ1n) is 10.3. The molecule has 0 saturated heterocycles. The van der Waals surface area contributed by atoms with Crippen LogP contribution in [0.15, 0.2) is 72.8 Å². The molecule has 0 aliphatic rings. The zero-order valence-corrected chi connectivity index (χ0v) is 18.9. The topological polar surface area (TPSA) is 47.6 Å². The van der Waals surface area contributed by atoms with Crippen molar-refractivity contribution in [3.63, 3.8) is 0 Å². The number of benzene rings is 3. The summed E-state index contributed by atoms with van der Waals surface area (Å²) in [5.74, 6) is 1.32. The van der Waals surface area contributed by atoms with E-state index in [2.05, 4.69) is 38.2 Å². The van der Waals surface area contributed by atoms with Crippen molar-refractivity contribution in [3.8, 4) is 11.5 Å². The van der Waals surface area contributed by atoms with Crippen molar-refractivity contribution < 1.29 is 14.3 Å². The smallest absolute Gasteiger partial charge is 0.251 e. The Morgan fingerprint density at radius 3 is 2.13 bits per heavy atom. The van der Waals surface area contributed by atoms with E-state index in [1.807, 2.05) is 36.4 Å². The molecule has 0 fully saturated rings. The predicted molar refractivity (Wildman–Crippen MR) is 125 cm³/mol. The second-order valence-electron chi connectivity index (χ2n) is 8.28. The van der Waals surface area contributed by atoms with Gasteiger partial charge in [-0.15, -0.1) is 0 Å². The Hall–Kier alpha value is -2.98. The maximum Gasteiger partial charge on any atom is 0.251 e. The number of ether oxygens (including phenoxy) is 2. The minimum Gasteiger partial charge on any atom is -0.492 e. The molecule has 1 amide bonds. The summed E-state index contributed by atoms with van der Waals surface area (Å²) in [6, 6.07) is 22.7. The van der Waals surface area contributed by atoms with E-state index in [1.54, 1.807) is 24.3 Å². The number of carbonyl (C=O) groups excluding carboxylic acids is 1. The van der Waals surface area contributed by atoms with Gasteiger partial charge in [0.2, 0.25) is 0 Å². The summed E-state index contributed by atoms with van der Waals surface area (Å²) in [7, 11) is 0. The third-order valence-electron chi connectivity index (χ3n) is 4.85.